The van der Waals surface area contributed by atoms with Gasteiger partial charge in [-0.05, 0) is 16.5 Å². The summed E-state index contributed by atoms with van der Waals surface area (Å²) in [6.07, 6.45) is 0. The van der Waals surface area contributed by atoms with Crippen LogP contribution in [0.4, 0.5) is 0 Å². The van der Waals surface area contributed by atoms with E-state index < -0.39 is 10.3 Å². The number of hydrogen-bond acceptors (Lipinski definition) is 2. The molecule has 94 valence electrons. The van der Waals surface area contributed by atoms with Gasteiger partial charge in [0.1, 0.15) is 0 Å². The molecule has 1 saturated heterocycles. The second kappa shape index (κ2) is 3.80. The molecular weight excluding hydrogens is 238 g/mol. The first-order valence-corrected chi connectivity index (χ1v) is 6.94. The highest BCUT2D eigenvalue weighted by atomic mass is 32.2. The van der Waals surface area contributed by atoms with Gasteiger partial charge in [-0.1, -0.05) is 45.0 Å². The molecule has 1 N–H and O–H groups in total. The van der Waals surface area contributed by atoms with Gasteiger partial charge in [-0.2, -0.15) is 12.7 Å². The van der Waals surface area contributed by atoms with Crippen LogP contribution in [-0.2, 0) is 15.7 Å². The smallest absolute Gasteiger partial charge is 0.273 e. The maximum Gasteiger partial charge on any atom is 0.336 e. The molecule has 0 bridgehead atoms. The van der Waals surface area contributed by atoms with E-state index in [1.165, 1.54) is 5.56 Å². The monoisotopic (exact) mass is 255 g/mol. The fourth-order valence-corrected chi connectivity index (χ4v) is 2.63. The summed E-state index contributed by atoms with van der Waals surface area (Å²) in [5.41, 5.74) is 2.22. The van der Waals surface area contributed by atoms with Gasteiger partial charge in [0, 0.05) is 6.54 Å². The van der Waals surface area contributed by atoms with Crippen molar-refractivity contribution in [3.63, 3.8) is 0 Å². The maximum absolute atomic E-state index is 10.9. The van der Waals surface area contributed by atoms with E-state index in [1.54, 1.807) is 0 Å². The van der Waals surface area contributed by atoms with Crippen molar-refractivity contribution in [1.29, 1.82) is 0 Å². The molecule has 1 aromatic rings. The van der Waals surface area contributed by atoms with E-state index in [2.05, 4.69) is 20.8 Å². The second-order valence-electron chi connectivity index (χ2n) is 5.44. The second-order valence-corrected chi connectivity index (χ2v) is 6.80. The summed E-state index contributed by atoms with van der Waals surface area (Å²) in [6.45, 7) is 6.75. The highest BCUT2D eigenvalue weighted by Crippen LogP contribution is 2.37. The molecule has 1 aromatic carbocycles. The van der Waals surface area contributed by atoms with Crippen LogP contribution in [0.3, 0.4) is 0 Å². The molecule has 2 rings (SSSR count). The van der Waals surface area contributed by atoms with Crippen LogP contribution in [0.25, 0.3) is 0 Å². The van der Waals surface area contributed by atoms with Crippen LogP contribution >= 0.6 is 0 Å². The van der Waals surface area contributed by atoms with Crippen molar-refractivity contribution in [2.75, 3.05) is 6.54 Å². The molecule has 0 radical (unpaired) electrons. The van der Waals surface area contributed by atoms with E-state index >= 15 is 0 Å². The minimum absolute atomic E-state index is 0.0881. The molecule has 17 heavy (non-hydrogen) atoms. The zero-order valence-electron chi connectivity index (χ0n) is 10.2. The molecule has 1 heterocycles. The van der Waals surface area contributed by atoms with Crippen LogP contribution in [0.2, 0.25) is 0 Å². The molecule has 0 aromatic heterocycles. The van der Waals surface area contributed by atoms with E-state index in [9.17, 15) is 8.42 Å². The molecule has 0 saturated carbocycles. The van der Waals surface area contributed by atoms with Crippen molar-refractivity contribution < 1.29 is 13.0 Å². The molecule has 0 aliphatic carbocycles. The van der Waals surface area contributed by atoms with E-state index in [1.807, 2.05) is 24.3 Å². The molecule has 2 atom stereocenters. The Bertz CT molecular complexity index is 514. The van der Waals surface area contributed by atoms with E-state index in [0.29, 0.717) is 6.54 Å². The standard InChI is InChI=1S/C12H17NO3S/c1-12(2,3)10-6-4-9(5-7-10)11-8-13(11)17(14,15)16/h4-7,11H,8H2,1-3H3,(H,14,15,16). The van der Waals surface area contributed by atoms with Crippen molar-refractivity contribution in [2.45, 2.75) is 32.2 Å². The van der Waals surface area contributed by atoms with Gasteiger partial charge in [-0.3, -0.25) is 4.55 Å². The summed E-state index contributed by atoms with van der Waals surface area (Å²) >= 11 is 0. The first-order valence-electron chi connectivity index (χ1n) is 5.54. The average Bonchev–Trinajstić information content (AvgIpc) is 2.95. The molecular formula is C12H17NO3S. The molecule has 0 amide bonds. The Morgan fingerprint density at radius 3 is 2.12 bits per heavy atom. The Balaban J connectivity index is 2.17. The summed E-state index contributed by atoms with van der Waals surface area (Å²) in [7, 11) is -4.03. The van der Waals surface area contributed by atoms with Crippen LogP contribution in [0.5, 0.6) is 0 Å². The summed E-state index contributed by atoms with van der Waals surface area (Å²) in [5.74, 6) is 0. The van der Waals surface area contributed by atoms with Crippen LogP contribution in [0, 0.1) is 0 Å². The van der Waals surface area contributed by atoms with Gasteiger partial charge in [0.05, 0.1) is 6.04 Å². The highest BCUT2D eigenvalue weighted by Gasteiger charge is 2.44. The number of benzene rings is 1. The van der Waals surface area contributed by atoms with Gasteiger partial charge in [0.15, 0.2) is 0 Å². The van der Waals surface area contributed by atoms with Gasteiger partial charge in [0.25, 0.3) is 0 Å². The first kappa shape index (κ1) is 12.5. The fourth-order valence-electron chi connectivity index (χ4n) is 1.86. The van der Waals surface area contributed by atoms with Crippen molar-refractivity contribution in [2.24, 2.45) is 0 Å². The maximum atomic E-state index is 10.9. The summed E-state index contributed by atoms with van der Waals surface area (Å²) < 4.78 is 31.7. The lowest BCUT2D eigenvalue weighted by Crippen LogP contribution is -2.11. The van der Waals surface area contributed by atoms with Crippen molar-refractivity contribution in [3.05, 3.63) is 35.4 Å². The van der Waals surface area contributed by atoms with Crippen LogP contribution in [0.15, 0.2) is 24.3 Å². The lowest BCUT2D eigenvalue weighted by Gasteiger charge is -2.19. The van der Waals surface area contributed by atoms with Crippen LogP contribution in [-0.4, -0.2) is 23.8 Å². The summed E-state index contributed by atoms with van der Waals surface area (Å²) in [5, 5.41) is 0. The van der Waals surface area contributed by atoms with Crippen molar-refractivity contribution in [3.8, 4) is 0 Å². The fraction of sp³-hybridized carbons (Fsp3) is 0.500. The van der Waals surface area contributed by atoms with Gasteiger partial charge in [-0.15, -0.1) is 0 Å². The van der Waals surface area contributed by atoms with Gasteiger partial charge in [0.2, 0.25) is 0 Å². The topological polar surface area (TPSA) is 57.4 Å². The molecule has 2 unspecified atom stereocenters. The number of rotatable bonds is 2. The first-order chi connectivity index (χ1) is 7.69. The third-order valence-corrected chi connectivity index (χ3v) is 4.02. The summed E-state index contributed by atoms with van der Waals surface area (Å²) in [4.78, 5) is 0. The van der Waals surface area contributed by atoms with Crippen molar-refractivity contribution in [1.82, 2.24) is 4.31 Å². The highest BCUT2D eigenvalue weighted by molar-refractivity contribution is 7.83. The van der Waals surface area contributed by atoms with E-state index in [0.717, 1.165) is 9.87 Å². The van der Waals surface area contributed by atoms with E-state index in [-0.39, 0.29) is 11.5 Å². The zero-order chi connectivity index (χ0) is 12.8. The zero-order valence-corrected chi connectivity index (χ0v) is 11.0. The Kier molecular flexibility index (Phi) is 2.80. The van der Waals surface area contributed by atoms with Gasteiger partial charge in [-0.25, -0.2) is 0 Å². The largest absolute Gasteiger partial charge is 0.336 e. The Labute approximate surface area is 102 Å². The molecule has 1 fully saturated rings. The Morgan fingerprint density at radius 2 is 1.76 bits per heavy atom. The lowest BCUT2D eigenvalue weighted by atomic mass is 9.86. The molecule has 1 aliphatic heterocycles. The van der Waals surface area contributed by atoms with Gasteiger partial charge >= 0.3 is 10.3 Å². The predicted octanol–water partition coefficient (Wildman–Crippen LogP) is 2.14. The molecule has 5 heteroatoms. The van der Waals surface area contributed by atoms with Crippen LogP contribution in [0.1, 0.15) is 37.9 Å². The van der Waals surface area contributed by atoms with E-state index in [4.69, 9.17) is 4.55 Å². The predicted molar refractivity (Wildman–Crippen MR) is 66.1 cm³/mol. The third-order valence-electron chi connectivity index (χ3n) is 3.02. The quantitative estimate of drug-likeness (QED) is 0.650. The van der Waals surface area contributed by atoms with Gasteiger partial charge < -0.3 is 0 Å². The van der Waals surface area contributed by atoms with Crippen molar-refractivity contribution >= 4 is 10.3 Å². The number of hydrogen-bond donors (Lipinski definition) is 1. The summed E-state index contributed by atoms with van der Waals surface area (Å²) in [6, 6.07) is 7.68. The minimum Gasteiger partial charge on any atom is -0.273 e. The average molecular weight is 255 g/mol. The SMILES string of the molecule is CC(C)(C)c1ccc(C2CN2S(=O)(=O)O)cc1. The third kappa shape index (κ3) is 2.68. The Morgan fingerprint density at radius 1 is 1.24 bits per heavy atom. The lowest BCUT2D eigenvalue weighted by molar-refractivity contribution is 0.441. The molecule has 0 spiro atoms. The normalized spacial score (nSPS) is 24.7. The molecule has 4 nitrogen and oxygen atoms in total. The molecule has 1 aliphatic rings. The number of nitrogens with zero attached hydrogens (tertiary/aromatic N) is 1. The van der Waals surface area contributed by atoms with Crippen LogP contribution < -0.4 is 0 Å². The minimum atomic E-state index is -4.03. The Hall–Kier alpha value is -0.910.